The summed E-state index contributed by atoms with van der Waals surface area (Å²) in [5.74, 6) is 2.22. The summed E-state index contributed by atoms with van der Waals surface area (Å²) < 4.78 is 5.59. The molecule has 0 N–H and O–H groups in total. The van der Waals surface area contributed by atoms with Gasteiger partial charge in [0.2, 0.25) is 0 Å². The third kappa shape index (κ3) is 2.11. The van der Waals surface area contributed by atoms with Crippen LogP contribution in [0.15, 0.2) is 4.42 Å². The van der Waals surface area contributed by atoms with E-state index in [1.54, 1.807) is 0 Å². The van der Waals surface area contributed by atoms with Crippen LogP contribution < -0.4 is 0 Å². The zero-order valence-corrected chi connectivity index (χ0v) is 9.43. The van der Waals surface area contributed by atoms with Crippen LogP contribution in [0.5, 0.6) is 0 Å². The first kappa shape index (κ1) is 10.3. The summed E-state index contributed by atoms with van der Waals surface area (Å²) >= 11 is 0. The van der Waals surface area contributed by atoms with Crippen molar-refractivity contribution < 1.29 is 4.42 Å². The minimum atomic E-state index is 0.0807. The van der Waals surface area contributed by atoms with Crippen molar-refractivity contribution in [3.8, 4) is 0 Å². The van der Waals surface area contributed by atoms with E-state index in [4.69, 9.17) is 4.42 Å². The molecule has 0 aliphatic carbocycles. The monoisotopic (exact) mass is 181 g/mol. The van der Waals surface area contributed by atoms with Crippen LogP contribution in [0.1, 0.15) is 57.9 Å². The van der Waals surface area contributed by atoms with Crippen molar-refractivity contribution in [3.05, 3.63) is 17.3 Å². The van der Waals surface area contributed by atoms with Gasteiger partial charge >= 0.3 is 0 Å². The minimum absolute atomic E-state index is 0.0807. The maximum absolute atomic E-state index is 5.59. The quantitative estimate of drug-likeness (QED) is 0.663. The molecule has 1 aromatic heterocycles. The first-order valence-corrected chi connectivity index (χ1v) is 4.80. The summed E-state index contributed by atoms with van der Waals surface area (Å²) in [4.78, 5) is 4.44. The lowest BCUT2D eigenvalue weighted by atomic mass is 9.88. The molecule has 1 heterocycles. The maximum Gasteiger partial charge on any atom is 0.191 e. The highest BCUT2D eigenvalue weighted by Crippen LogP contribution is 2.30. The van der Waals surface area contributed by atoms with Crippen LogP contribution in [-0.2, 0) is 5.41 Å². The van der Waals surface area contributed by atoms with Crippen molar-refractivity contribution >= 4 is 0 Å². The Balaban J connectivity index is 3.20. The molecule has 74 valence electrons. The van der Waals surface area contributed by atoms with E-state index in [2.05, 4.69) is 39.6 Å². The molecule has 1 aromatic rings. The van der Waals surface area contributed by atoms with Crippen molar-refractivity contribution in [2.75, 3.05) is 0 Å². The molecule has 0 aliphatic rings. The lowest BCUT2D eigenvalue weighted by Crippen LogP contribution is -2.14. The Kier molecular flexibility index (Phi) is 2.51. The van der Waals surface area contributed by atoms with E-state index in [1.165, 1.54) is 0 Å². The number of hydrogen-bond acceptors (Lipinski definition) is 2. The lowest BCUT2D eigenvalue weighted by Gasteiger charge is -2.17. The second-order valence-electron chi connectivity index (χ2n) is 4.85. The van der Waals surface area contributed by atoms with Gasteiger partial charge in [-0.25, -0.2) is 4.98 Å². The average Bonchev–Trinajstić information content (AvgIpc) is 2.29. The second-order valence-corrected chi connectivity index (χ2v) is 4.85. The van der Waals surface area contributed by atoms with Gasteiger partial charge in [0, 0.05) is 18.3 Å². The molecule has 2 nitrogen and oxygen atoms in total. The SMILES string of the molecule is Cc1nc(C(C)(C)C)c(C(C)C)o1. The Hall–Kier alpha value is -0.790. The number of hydrogen-bond donors (Lipinski definition) is 0. The van der Waals surface area contributed by atoms with Gasteiger partial charge in [-0.2, -0.15) is 0 Å². The zero-order chi connectivity index (χ0) is 10.2. The van der Waals surface area contributed by atoms with Crippen LogP contribution in [-0.4, -0.2) is 4.98 Å². The summed E-state index contributed by atoms with van der Waals surface area (Å²) in [5, 5.41) is 0. The third-order valence-corrected chi connectivity index (χ3v) is 2.00. The van der Waals surface area contributed by atoms with E-state index < -0.39 is 0 Å². The van der Waals surface area contributed by atoms with E-state index in [-0.39, 0.29) is 5.41 Å². The fourth-order valence-electron chi connectivity index (χ4n) is 1.37. The molecule has 13 heavy (non-hydrogen) atoms. The van der Waals surface area contributed by atoms with Gasteiger partial charge < -0.3 is 4.42 Å². The molecule has 0 saturated carbocycles. The Morgan fingerprint density at radius 2 is 1.77 bits per heavy atom. The Morgan fingerprint density at radius 1 is 1.23 bits per heavy atom. The first-order valence-electron chi connectivity index (χ1n) is 4.80. The predicted molar refractivity (Wildman–Crippen MR) is 54.0 cm³/mol. The number of aromatic nitrogens is 1. The summed E-state index contributed by atoms with van der Waals surface area (Å²) in [6.07, 6.45) is 0. The van der Waals surface area contributed by atoms with Crippen LogP contribution in [0.25, 0.3) is 0 Å². The van der Waals surface area contributed by atoms with Gasteiger partial charge in [0.25, 0.3) is 0 Å². The molecule has 0 fully saturated rings. The number of aryl methyl sites for hydroxylation is 1. The van der Waals surface area contributed by atoms with Crippen molar-refractivity contribution in [3.63, 3.8) is 0 Å². The van der Waals surface area contributed by atoms with Crippen molar-refractivity contribution in [1.82, 2.24) is 4.98 Å². The molecule has 1 rings (SSSR count). The van der Waals surface area contributed by atoms with Crippen molar-refractivity contribution in [2.24, 2.45) is 0 Å². The van der Waals surface area contributed by atoms with Gasteiger partial charge in [-0.3, -0.25) is 0 Å². The van der Waals surface area contributed by atoms with Crippen molar-refractivity contribution in [1.29, 1.82) is 0 Å². The molecule has 0 aliphatic heterocycles. The Bertz CT molecular complexity index is 292. The Morgan fingerprint density at radius 3 is 2.08 bits per heavy atom. The van der Waals surface area contributed by atoms with E-state index >= 15 is 0 Å². The molecule has 0 bridgehead atoms. The molecule has 0 unspecified atom stereocenters. The normalized spacial score (nSPS) is 12.5. The number of nitrogens with zero attached hydrogens (tertiary/aromatic N) is 1. The van der Waals surface area contributed by atoms with Crippen LogP contribution in [0.2, 0.25) is 0 Å². The molecular formula is C11H19NO. The smallest absolute Gasteiger partial charge is 0.191 e. The lowest BCUT2D eigenvalue weighted by molar-refractivity contribution is 0.444. The molecule has 0 atom stereocenters. The first-order chi connectivity index (χ1) is 5.82. The Labute approximate surface area is 80.4 Å². The highest BCUT2D eigenvalue weighted by molar-refractivity contribution is 5.21. The molecule has 2 heteroatoms. The largest absolute Gasteiger partial charge is 0.445 e. The minimum Gasteiger partial charge on any atom is -0.445 e. The average molecular weight is 181 g/mol. The maximum atomic E-state index is 5.59. The summed E-state index contributed by atoms with van der Waals surface area (Å²) in [7, 11) is 0. The highest BCUT2D eigenvalue weighted by atomic mass is 16.4. The van der Waals surface area contributed by atoms with E-state index in [9.17, 15) is 0 Å². The predicted octanol–water partition coefficient (Wildman–Crippen LogP) is 3.40. The van der Waals surface area contributed by atoms with E-state index in [0.29, 0.717) is 5.92 Å². The van der Waals surface area contributed by atoms with Gasteiger partial charge in [0.15, 0.2) is 5.89 Å². The summed E-state index contributed by atoms with van der Waals surface area (Å²) in [6.45, 7) is 12.7. The van der Waals surface area contributed by atoms with Crippen LogP contribution in [0.3, 0.4) is 0 Å². The fraction of sp³-hybridized carbons (Fsp3) is 0.727. The van der Waals surface area contributed by atoms with Crippen LogP contribution in [0.4, 0.5) is 0 Å². The zero-order valence-electron chi connectivity index (χ0n) is 9.43. The second kappa shape index (κ2) is 3.17. The number of rotatable bonds is 1. The standard InChI is InChI=1S/C11H19NO/c1-7(2)9-10(11(4,5)6)12-8(3)13-9/h7H,1-6H3. The number of oxazole rings is 1. The molecule has 0 spiro atoms. The molecule has 0 amide bonds. The van der Waals surface area contributed by atoms with Gasteiger partial charge in [0.05, 0.1) is 5.69 Å². The highest BCUT2D eigenvalue weighted by Gasteiger charge is 2.25. The van der Waals surface area contributed by atoms with Crippen LogP contribution >= 0.6 is 0 Å². The molecule has 0 saturated heterocycles. The van der Waals surface area contributed by atoms with Crippen LogP contribution in [0, 0.1) is 6.92 Å². The molecule has 0 radical (unpaired) electrons. The topological polar surface area (TPSA) is 26.0 Å². The van der Waals surface area contributed by atoms with Gasteiger partial charge in [-0.15, -0.1) is 0 Å². The molecule has 0 aromatic carbocycles. The van der Waals surface area contributed by atoms with Gasteiger partial charge in [-0.1, -0.05) is 34.6 Å². The van der Waals surface area contributed by atoms with Gasteiger partial charge in [-0.05, 0) is 0 Å². The van der Waals surface area contributed by atoms with E-state index in [0.717, 1.165) is 17.3 Å². The summed E-state index contributed by atoms with van der Waals surface area (Å²) in [5.41, 5.74) is 1.18. The van der Waals surface area contributed by atoms with Gasteiger partial charge in [0.1, 0.15) is 5.76 Å². The van der Waals surface area contributed by atoms with E-state index in [1.807, 2.05) is 6.92 Å². The molecular weight excluding hydrogens is 162 g/mol. The fourth-order valence-corrected chi connectivity index (χ4v) is 1.37. The van der Waals surface area contributed by atoms with Crippen molar-refractivity contribution in [2.45, 2.75) is 52.9 Å². The summed E-state index contributed by atoms with van der Waals surface area (Å²) in [6, 6.07) is 0. The third-order valence-electron chi connectivity index (χ3n) is 2.00.